The number of fused-ring (bicyclic) bond motifs is 3. The summed E-state index contributed by atoms with van der Waals surface area (Å²) < 4.78 is 2.27. The summed E-state index contributed by atoms with van der Waals surface area (Å²) in [6.45, 7) is 0. The van der Waals surface area contributed by atoms with Crippen molar-refractivity contribution in [3.8, 4) is 39.3 Å². The molecule has 0 bridgehead atoms. The van der Waals surface area contributed by atoms with Gasteiger partial charge in [-0.2, -0.15) is 0 Å². The van der Waals surface area contributed by atoms with Crippen molar-refractivity contribution in [1.29, 1.82) is 0 Å². The van der Waals surface area contributed by atoms with E-state index in [1.165, 1.54) is 43.8 Å². The minimum atomic E-state index is 0.947. The summed E-state index contributed by atoms with van der Waals surface area (Å²) in [5, 5.41) is 5.05. The van der Waals surface area contributed by atoms with Gasteiger partial charge in [-0.15, -0.1) is 0 Å². The van der Waals surface area contributed by atoms with Crippen molar-refractivity contribution in [2.45, 2.75) is 0 Å². The molecule has 192 valence electrons. The molecule has 0 radical (unpaired) electrons. The SMILES string of the molecule is c1ccc(-c2c3ccccc3c(-c3ccc(-n4c(-c5ccccc5)nc5ccccc54)cc3)c3ccccc23)cc1. The van der Waals surface area contributed by atoms with Crippen molar-refractivity contribution >= 4 is 32.6 Å². The summed E-state index contributed by atoms with van der Waals surface area (Å²) in [7, 11) is 0. The first-order valence-electron chi connectivity index (χ1n) is 14.0. The molecule has 0 saturated carbocycles. The molecule has 0 spiro atoms. The lowest BCUT2D eigenvalue weighted by Crippen LogP contribution is -1.97. The van der Waals surface area contributed by atoms with Crippen LogP contribution >= 0.6 is 0 Å². The topological polar surface area (TPSA) is 17.8 Å². The third-order valence-corrected chi connectivity index (χ3v) is 8.00. The molecule has 2 nitrogen and oxygen atoms in total. The van der Waals surface area contributed by atoms with Crippen LogP contribution in [0, 0.1) is 0 Å². The van der Waals surface area contributed by atoms with Gasteiger partial charge in [-0.25, -0.2) is 4.98 Å². The van der Waals surface area contributed by atoms with Gasteiger partial charge in [0.1, 0.15) is 5.82 Å². The molecule has 0 aliphatic heterocycles. The normalized spacial score (nSPS) is 11.4. The molecular weight excluding hydrogens is 496 g/mol. The maximum Gasteiger partial charge on any atom is 0.145 e. The maximum atomic E-state index is 5.02. The van der Waals surface area contributed by atoms with E-state index in [0.717, 1.165) is 28.1 Å². The molecule has 1 aromatic heterocycles. The highest BCUT2D eigenvalue weighted by molar-refractivity contribution is 6.21. The van der Waals surface area contributed by atoms with Crippen molar-refractivity contribution in [3.63, 3.8) is 0 Å². The van der Waals surface area contributed by atoms with Crippen LogP contribution in [0.1, 0.15) is 0 Å². The predicted octanol–water partition coefficient (Wildman–Crippen LogP) is 10.3. The molecule has 0 atom stereocenters. The van der Waals surface area contributed by atoms with Gasteiger partial charge in [0.2, 0.25) is 0 Å². The molecule has 8 aromatic rings. The predicted molar refractivity (Wildman–Crippen MR) is 172 cm³/mol. The molecule has 41 heavy (non-hydrogen) atoms. The maximum absolute atomic E-state index is 5.02. The zero-order chi connectivity index (χ0) is 27.2. The first kappa shape index (κ1) is 23.4. The van der Waals surface area contributed by atoms with Gasteiger partial charge in [-0.3, -0.25) is 4.57 Å². The third-order valence-electron chi connectivity index (χ3n) is 8.00. The van der Waals surface area contributed by atoms with E-state index in [4.69, 9.17) is 4.98 Å². The first-order valence-corrected chi connectivity index (χ1v) is 14.0. The van der Waals surface area contributed by atoms with Crippen LogP contribution in [-0.4, -0.2) is 9.55 Å². The highest BCUT2D eigenvalue weighted by Gasteiger charge is 2.18. The van der Waals surface area contributed by atoms with E-state index in [1.807, 2.05) is 12.1 Å². The molecule has 0 saturated heterocycles. The van der Waals surface area contributed by atoms with Gasteiger partial charge < -0.3 is 0 Å². The van der Waals surface area contributed by atoms with Gasteiger partial charge >= 0.3 is 0 Å². The molecule has 0 aliphatic rings. The molecule has 0 aliphatic carbocycles. The Labute approximate surface area is 238 Å². The van der Waals surface area contributed by atoms with Crippen LogP contribution in [0.2, 0.25) is 0 Å². The van der Waals surface area contributed by atoms with Crippen LogP contribution in [0.15, 0.2) is 158 Å². The molecule has 7 aromatic carbocycles. The fourth-order valence-electron chi connectivity index (χ4n) is 6.20. The fourth-order valence-corrected chi connectivity index (χ4v) is 6.20. The Morgan fingerprint density at radius 1 is 0.366 bits per heavy atom. The average molecular weight is 523 g/mol. The summed E-state index contributed by atoms with van der Waals surface area (Å²) in [5.41, 5.74) is 9.27. The summed E-state index contributed by atoms with van der Waals surface area (Å²) in [6.07, 6.45) is 0. The van der Waals surface area contributed by atoms with Crippen molar-refractivity contribution in [2.75, 3.05) is 0 Å². The van der Waals surface area contributed by atoms with E-state index in [0.29, 0.717) is 0 Å². The quantitative estimate of drug-likeness (QED) is 0.210. The van der Waals surface area contributed by atoms with Crippen LogP contribution in [0.25, 0.3) is 71.9 Å². The van der Waals surface area contributed by atoms with Crippen LogP contribution in [0.5, 0.6) is 0 Å². The van der Waals surface area contributed by atoms with E-state index < -0.39 is 0 Å². The Morgan fingerprint density at radius 2 is 0.805 bits per heavy atom. The Bertz CT molecular complexity index is 2120. The number of nitrogens with zero attached hydrogens (tertiary/aromatic N) is 2. The first-order chi connectivity index (χ1) is 20.4. The minimum absolute atomic E-state index is 0.947. The van der Waals surface area contributed by atoms with Crippen molar-refractivity contribution in [2.24, 2.45) is 0 Å². The fraction of sp³-hybridized carbons (Fsp3) is 0. The van der Waals surface area contributed by atoms with Gasteiger partial charge in [0.25, 0.3) is 0 Å². The summed E-state index contributed by atoms with van der Waals surface area (Å²) in [5.74, 6) is 0.947. The largest absolute Gasteiger partial charge is 0.292 e. The van der Waals surface area contributed by atoms with Gasteiger partial charge in [-0.05, 0) is 68.1 Å². The highest BCUT2D eigenvalue weighted by atomic mass is 15.1. The lowest BCUT2D eigenvalue weighted by atomic mass is 9.86. The lowest BCUT2D eigenvalue weighted by Gasteiger charge is -2.18. The number of hydrogen-bond donors (Lipinski definition) is 0. The van der Waals surface area contributed by atoms with E-state index in [2.05, 4.69) is 150 Å². The number of rotatable bonds is 4. The van der Waals surface area contributed by atoms with Crippen LogP contribution in [-0.2, 0) is 0 Å². The second kappa shape index (κ2) is 9.62. The number of para-hydroxylation sites is 2. The summed E-state index contributed by atoms with van der Waals surface area (Å²) in [6, 6.07) is 56.1. The van der Waals surface area contributed by atoms with E-state index in [1.54, 1.807) is 0 Å². The molecule has 0 amide bonds. The van der Waals surface area contributed by atoms with E-state index in [9.17, 15) is 0 Å². The monoisotopic (exact) mass is 522 g/mol. The van der Waals surface area contributed by atoms with Crippen LogP contribution in [0.3, 0.4) is 0 Å². The molecule has 1 heterocycles. The summed E-state index contributed by atoms with van der Waals surface area (Å²) >= 11 is 0. The molecule has 0 unspecified atom stereocenters. The smallest absolute Gasteiger partial charge is 0.145 e. The van der Waals surface area contributed by atoms with Gasteiger partial charge in [0.15, 0.2) is 0 Å². The third kappa shape index (κ3) is 3.84. The molecule has 8 rings (SSSR count). The van der Waals surface area contributed by atoms with Crippen molar-refractivity contribution in [1.82, 2.24) is 9.55 Å². The second-order valence-corrected chi connectivity index (χ2v) is 10.4. The number of hydrogen-bond acceptors (Lipinski definition) is 1. The molecular formula is C39H26N2. The zero-order valence-corrected chi connectivity index (χ0v) is 22.4. The average Bonchev–Trinajstić information content (AvgIpc) is 3.44. The number of benzene rings is 7. The summed E-state index contributed by atoms with van der Waals surface area (Å²) in [4.78, 5) is 5.02. The Hall–Kier alpha value is -5.47. The van der Waals surface area contributed by atoms with Gasteiger partial charge in [0, 0.05) is 11.3 Å². The number of imidazole rings is 1. The van der Waals surface area contributed by atoms with Crippen molar-refractivity contribution < 1.29 is 0 Å². The second-order valence-electron chi connectivity index (χ2n) is 10.4. The Morgan fingerprint density at radius 3 is 1.37 bits per heavy atom. The van der Waals surface area contributed by atoms with Crippen LogP contribution in [0.4, 0.5) is 0 Å². The van der Waals surface area contributed by atoms with Gasteiger partial charge in [0.05, 0.1) is 11.0 Å². The molecule has 0 N–H and O–H groups in total. The van der Waals surface area contributed by atoms with E-state index in [-0.39, 0.29) is 0 Å². The minimum Gasteiger partial charge on any atom is -0.292 e. The van der Waals surface area contributed by atoms with E-state index >= 15 is 0 Å². The Balaban J connectivity index is 1.35. The molecule has 0 fully saturated rings. The lowest BCUT2D eigenvalue weighted by molar-refractivity contribution is 1.10. The van der Waals surface area contributed by atoms with Crippen LogP contribution < -0.4 is 0 Å². The van der Waals surface area contributed by atoms with Crippen molar-refractivity contribution in [3.05, 3.63) is 158 Å². The van der Waals surface area contributed by atoms with Gasteiger partial charge in [-0.1, -0.05) is 133 Å². The zero-order valence-electron chi connectivity index (χ0n) is 22.4. The highest BCUT2D eigenvalue weighted by Crippen LogP contribution is 2.43. The Kier molecular flexibility index (Phi) is 5.49. The standard InChI is InChI=1S/C39H26N2/c1-3-13-27(14-4-1)37-31-17-7-9-19-33(31)38(34-20-10-8-18-32(34)37)28-23-25-30(26-24-28)41-36-22-12-11-21-35(36)40-39(41)29-15-5-2-6-16-29/h1-26H. The number of aromatic nitrogens is 2. The molecule has 2 heteroatoms.